The summed E-state index contributed by atoms with van der Waals surface area (Å²) in [6.45, 7) is 2.34. The molecule has 0 N–H and O–H groups in total. The first-order valence-corrected chi connectivity index (χ1v) is 11.7. The second-order valence-corrected chi connectivity index (χ2v) is 9.10. The third-order valence-electron chi connectivity index (χ3n) is 6.87. The minimum absolute atomic E-state index is 0.644. The molecule has 0 amide bonds. The highest BCUT2D eigenvalue weighted by Crippen LogP contribution is 2.42. The molecule has 0 fully saturated rings. The van der Waals surface area contributed by atoms with Crippen molar-refractivity contribution in [2.24, 2.45) is 0 Å². The van der Waals surface area contributed by atoms with Crippen LogP contribution in [0, 0.1) is 0 Å². The summed E-state index contributed by atoms with van der Waals surface area (Å²) < 4.78 is 0. The monoisotopic (exact) mass is 422 g/mol. The van der Waals surface area contributed by atoms with Crippen LogP contribution in [0.1, 0.15) is 24.0 Å². The zero-order valence-corrected chi connectivity index (χ0v) is 18.8. The second kappa shape index (κ2) is 8.22. The molecule has 5 aromatic carbocycles. The van der Waals surface area contributed by atoms with Crippen molar-refractivity contribution in [3.63, 3.8) is 0 Å². The maximum absolute atomic E-state index is 2.36. The SMILES string of the molecule is CC1Cc2cccc(-c3cccc(-c4cc(-c5ccccc5)cc(-c5ccccc5)c4)c3)c21. The summed E-state index contributed by atoms with van der Waals surface area (Å²) in [6, 6.07) is 44.1. The average molecular weight is 423 g/mol. The molecule has 1 aliphatic carbocycles. The van der Waals surface area contributed by atoms with Crippen LogP contribution in [0.2, 0.25) is 0 Å². The van der Waals surface area contributed by atoms with Crippen molar-refractivity contribution in [1.29, 1.82) is 0 Å². The lowest BCUT2D eigenvalue weighted by Crippen LogP contribution is -2.15. The van der Waals surface area contributed by atoms with Crippen LogP contribution >= 0.6 is 0 Å². The lowest BCUT2D eigenvalue weighted by Gasteiger charge is -2.30. The van der Waals surface area contributed by atoms with E-state index >= 15 is 0 Å². The van der Waals surface area contributed by atoms with E-state index < -0.39 is 0 Å². The summed E-state index contributed by atoms with van der Waals surface area (Å²) in [5.41, 5.74) is 13.2. The van der Waals surface area contributed by atoms with E-state index in [-0.39, 0.29) is 0 Å². The number of fused-ring (bicyclic) bond motifs is 1. The van der Waals surface area contributed by atoms with E-state index in [1.165, 1.54) is 62.1 Å². The lowest BCUT2D eigenvalue weighted by molar-refractivity contribution is 0.670. The molecule has 0 aliphatic heterocycles. The van der Waals surface area contributed by atoms with Crippen LogP contribution in [0.3, 0.4) is 0 Å². The number of hydrogen-bond donors (Lipinski definition) is 0. The van der Waals surface area contributed by atoms with Crippen LogP contribution in [0.5, 0.6) is 0 Å². The van der Waals surface area contributed by atoms with Crippen LogP contribution < -0.4 is 0 Å². The average Bonchev–Trinajstić information content (AvgIpc) is 2.88. The van der Waals surface area contributed by atoms with Gasteiger partial charge in [-0.05, 0) is 92.2 Å². The number of benzene rings is 5. The molecule has 0 heteroatoms. The molecule has 0 nitrogen and oxygen atoms in total. The largest absolute Gasteiger partial charge is 0.0622 e. The van der Waals surface area contributed by atoms with Gasteiger partial charge in [0.2, 0.25) is 0 Å². The Morgan fingerprint density at radius 3 is 1.55 bits per heavy atom. The van der Waals surface area contributed by atoms with Gasteiger partial charge in [-0.15, -0.1) is 0 Å². The van der Waals surface area contributed by atoms with E-state index in [0.717, 1.165) is 0 Å². The summed E-state index contributed by atoms with van der Waals surface area (Å²) >= 11 is 0. The van der Waals surface area contributed by atoms with Crippen LogP contribution in [0.4, 0.5) is 0 Å². The van der Waals surface area contributed by atoms with Crippen molar-refractivity contribution >= 4 is 0 Å². The van der Waals surface area contributed by atoms with Crippen molar-refractivity contribution < 1.29 is 0 Å². The minimum atomic E-state index is 0.644. The molecule has 158 valence electrons. The molecule has 1 aliphatic rings. The molecular formula is C33H26. The summed E-state index contributed by atoms with van der Waals surface area (Å²) in [5.74, 6) is 0.644. The van der Waals surface area contributed by atoms with Gasteiger partial charge in [0.1, 0.15) is 0 Å². The highest BCUT2D eigenvalue weighted by atomic mass is 14.3. The first-order valence-electron chi connectivity index (χ1n) is 11.7. The first kappa shape index (κ1) is 19.8. The maximum Gasteiger partial charge on any atom is -0.0141 e. The highest BCUT2D eigenvalue weighted by molar-refractivity contribution is 5.83. The molecule has 0 saturated carbocycles. The van der Waals surface area contributed by atoms with E-state index in [9.17, 15) is 0 Å². The molecule has 1 atom stereocenters. The van der Waals surface area contributed by atoms with Crippen molar-refractivity contribution in [3.05, 3.63) is 132 Å². The molecule has 0 bridgehead atoms. The molecule has 6 rings (SSSR count). The second-order valence-electron chi connectivity index (χ2n) is 9.10. The van der Waals surface area contributed by atoms with Gasteiger partial charge in [0.25, 0.3) is 0 Å². The lowest BCUT2D eigenvalue weighted by atomic mass is 9.74. The topological polar surface area (TPSA) is 0 Å². The van der Waals surface area contributed by atoms with Gasteiger partial charge in [0, 0.05) is 0 Å². The van der Waals surface area contributed by atoms with Crippen molar-refractivity contribution in [2.75, 3.05) is 0 Å². The van der Waals surface area contributed by atoms with Crippen LogP contribution in [0.15, 0.2) is 121 Å². The van der Waals surface area contributed by atoms with Crippen LogP contribution in [-0.4, -0.2) is 0 Å². The standard InChI is InChI=1S/C33H26/c1-23-18-28-16-9-17-32(33(23)28)27-15-8-14-26(19-27)31-21-29(24-10-4-2-5-11-24)20-30(22-31)25-12-6-3-7-13-25/h2-17,19-23H,18H2,1H3. The number of hydrogen-bond acceptors (Lipinski definition) is 0. The highest BCUT2D eigenvalue weighted by Gasteiger charge is 2.25. The Morgan fingerprint density at radius 1 is 0.455 bits per heavy atom. The normalized spacial score (nSPS) is 14.4. The number of rotatable bonds is 4. The summed E-state index contributed by atoms with van der Waals surface area (Å²) in [5, 5.41) is 0. The Morgan fingerprint density at radius 2 is 0.939 bits per heavy atom. The Kier molecular flexibility index (Phi) is 4.92. The summed E-state index contributed by atoms with van der Waals surface area (Å²) in [7, 11) is 0. The summed E-state index contributed by atoms with van der Waals surface area (Å²) in [6.07, 6.45) is 1.20. The van der Waals surface area contributed by atoms with Crippen molar-refractivity contribution in [3.8, 4) is 44.5 Å². The van der Waals surface area contributed by atoms with Gasteiger partial charge in [-0.1, -0.05) is 104 Å². The fourth-order valence-electron chi connectivity index (χ4n) is 5.18. The van der Waals surface area contributed by atoms with Crippen LogP contribution in [0.25, 0.3) is 44.5 Å². The maximum atomic E-state index is 2.36. The Bertz CT molecular complexity index is 1370. The van der Waals surface area contributed by atoms with E-state index in [1.807, 2.05) is 0 Å². The molecular weight excluding hydrogens is 396 g/mol. The fourth-order valence-corrected chi connectivity index (χ4v) is 5.18. The van der Waals surface area contributed by atoms with Gasteiger partial charge in [0.05, 0.1) is 0 Å². The predicted molar refractivity (Wildman–Crippen MR) is 140 cm³/mol. The molecule has 0 aromatic heterocycles. The molecule has 1 unspecified atom stereocenters. The van der Waals surface area contributed by atoms with Gasteiger partial charge in [-0.25, -0.2) is 0 Å². The van der Waals surface area contributed by atoms with E-state index in [2.05, 4.69) is 128 Å². The van der Waals surface area contributed by atoms with Crippen LogP contribution in [-0.2, 0) is 6.42 Å². The molecule has 5 aromatic rings. The molecule has 33 heavy (non-hydrogen) atoms. The van der Waals surface area contributed by atoms with E-state index in [4.69, 9.17) is 0 Å². The Labute approximate surface area is 196 Å². The quantitative estimate of drug-likeness (QED) is 0.271. The van der Waals surface area contributed by atoms with Gasteiger partial charge in [-0.2, -0.15) is 0 Å². The van der Waals surface area contributed by atoms with E-state index in [1.54, 1.807) is 0 Å². The third-order valence-corrected chi connectivity index (χ3v) is 6.87. The summed E-state index contributed by atoms with van der Waals surface area (Å²) in [4.78, 5) is 0. The minimum Gasteiger partial charge on any atom is -0.0622 e. The van der Waals surface area contributed by atoms with Gasteiger partial charge < -0.3 is 0 Å². The zero-order chi connectivity index (χ0) is 22.2. The fraction of sp³-hybridized carbons (Fsp3) is 0.0909. The molecule has 0 saturated heterocycles. The van der Waals surface area contributed by atoms with E-state index in [0.29, 0.717) is 5.92 Å². The zero-order valence-electron chi connectivity index (χ0n) is 18.8. The van der Waals surface area contributed by atoms with Gasteiger partial charge in [0.15, 0.2) is 0 Å². The smallest absolute Gasteiger partial charge is 0.0141 e. The van der Waals surface area contributed by atoms with Gasteiger partial charge >= 0.3 is 0 Å². The van der Waals surface area contributed by atoms with Gasteiger partial charge in [-0.3, -0.25) is 0 Å². The molecule has 0 heterocycles. The third kappa shape index (κ3) is 3.68. The molecule has 0 radical (unpaired) electrons. The predicted octanol–water partition coefficient (Wildman–Crippen LogP) is 9.01. The Hall–Kier alpha value is -3.90. The van der Waals surface area contributed by atoms with Crippen molar-refractivity contribution in [1.82, 2.24) is 0 Å². The Balaban J connectivity index is 1.50. The van der Waals surface area contributed by atoms with Crippen molar-refractivity contribution in [2.45, 2.75) is 19.3 Å². The molecule has 0 spiro atoms. The first-order chi connectivity index (χ1) is 16.3.